The van der Waals surface area contributed by atoms with E-state index in [0.717, 1.165) is 51.4 Å². The minimum Gasteiger partial charge on any atom is -0.385 e. The number of aromatic nitrogens is 2. The molecule has 2 atom stereocenters. The molecule has 2 fully saturated rings. The van der Waals surface area contributed by atoms with Gasteiger partial charge in [0.25, 0.3) is 0 Å². The summed E-state index contributed by atoms with van der Waals surface area (Å²) in [5.74, 6) is 1.60. The Morgan fingerprint density at radius 3 is 3.26 bits per heavy atom. The maximum absolute atomic E-state index is 6.12. The third kappa shape index (κ3) is 2.72. The highest BCUT2D eigenvalue weighted by Gasteiger charge is 2.45. The molecule has 19 heavy (non-hydrogen) atoms. The summed E-state index contributed by atoms with van der Waals surface area (Å²) in [6.07, 6.45) is 8.62. The van der Waals surface area contributed by atoms with Crippen LogP contribution in [-0.4, -0.2) is 49.0 Å². The summed E-state index contributed by atoms with van der Waals surface area (Å²) < 4.78 is 11.3. The maximum atomic E-state index is 6.12. The van der Waals surface area contributed by atoms with Crippen LogP contribution >= 0.6 is 0 Å². The van der Waals surface area contributed by atoms with Crippen LogP contribution in [0.15, 0.2) is 18.6 Å². The van der Waals surface area contributed by atoms with Crippen LogP contribution in [0.3, 0.4) is 0 Å². The van der Waals surface area contributed by atoms with Crippen molar-refractivity contribution in [3.8, 4) is 0 Å². The Morgan fingerprint density at radius 1 is 1.53 bits per heavy atom. The number of hydrogen-bond donors (Lipinski definition) is 0. The lowest BCUT2D eigenvalue weighted by atomic mass is 9.92. The third-order valence-corrected chi connectivity index (χ3v) is 4.21. The number of rotatable bonds is 4. The molecule has 0 aromatic carbocycles. The molecule has 0 amide bonds. The summed E-state index contributed by atoms with van der Waals surface area (Å²) in [6, 6.07) is 0. The Kier molecular flexibility index (Phi) is 3.66. The molecule has 1 spiro atoms. The molecule has 104 valence electrons. The summed E-state index contributed by atoms with van der Waals surface area (Å²) in [6.45, 7) is 3.65. The van der Waals surface area contributed by atoms with E-state index in [0.29, 0.717) is 5.92 Å². The van der Waals surface area contributed by atoms with Crippen LogP contribution in [0.2, 0.25) is 0 Å². The Bertz CT molecular complexity index is 414. The minimum atomic E-state index is 0.0376. The lowest BCUT2D eigenvalue weighted by Crippen LogP contribution is -2.33. The largest absolute Gasteiger partial charge is 0.385 e. The number of hydrogen-bond acceptors (Lipinski definition) is 5. The summed E-state index contributed by atoms with van der Waals surface area (Å²) >= 11 is 0. The molecule has 0 bridgehead atoms. The molecule has 2 aliphatic heterocycles. The second-order valence-electron chi connectivity index (χ2n) is 5.58. The lowest BCUT2D eigenvalue weighted by molar-refractivity contribution is 0.0213. The highest BCUT2D eigenvalue weighted by molar-refractivity contribution is 5.38. The van der Waals surface area contributed by atoms with Crippen LogP contribution in [0.1, 0.15) is 19.3 Å². The van der Waals surface area contributed by atoms with Gasteiger partial charge in [0.15, 0.2) is 0 Å². The highest BCUT2D eigenvalue weighted by Crippen LogP contribution is 2.39. The van der Waals surface area contributed by atoms with E-state index >= 15 is 0 Å². The normalized spacial score (nSPS) is 30.4. The topological polar surface area (TPSA) is 47.5 Å². The summed E-state index contributed by atoms with van der Waals surface area (Å²) in [5, 5.41) is 0. The van der Waals surface area contributed by atoms with Gasteiger partial charge >= 0.3 is 0 Å². The van der Waals surface area contributed by atoms with E-state index in [1.807, 2.05) is 6.20 Å². The van der Waals surface area contributed by atoms with Gasteiger partial charge in [0.2, 0.25) is 0 Å². The second-order valence-corrected chi connectivity index (χ2v) is 5.58. The Balaban J connectivity index is 1.60. The molecule has 5 nitrogen and oxygen atoms in total. The molecule has 0 aliphatic carbocycles. The van der Waals surface area contributed by atoms with Gasteiger partial charge in [-0.25, -0.2) is 4.98 Å². The zero-order valence-electron chi connectivity index (χ0n) is 11.4. The third-order valence-electron chi connectivity index (χ3n) is 4.21. The van der Waals surface area contributed by atoms with E-state index in [9.17, 15) is 0 Å². The van der Waals surface area contributed by atoms with Gasteiger partial charge in [0, 0.05) is 39.2 Å². The van der Waals surface area contributed by atoms with Gasteiger partial charge in [-0.15, -0.1) is 0 Å². The summed E-state index contributed by atoms with van der Waals surface area (Å²) in [5.41, 5.74) is 0.0376. The van der Waals surface area contributed by atoms with Crippen LogP contribution < -0.4 is 4.90 Å². The van der Waals surface area contributed by atoms with Gasteiger partial charge in [-0.3, -0.25) is 4.98 Å². The predicted octanol–water partition coefficient (Wildman–Crippen LogP) is 1.50. The molecule has 2 saturated heterocycles. The summed E-state index contributed by atoms with van der Waals surface area (Å²) in [4.78, 5) is 10.8. The van der Waals surface area contributed by atoms with Crippen molar-refractivity contribution < 1.29 is 9.47 Å². The molecule has 0 unspecified atom stereocenters. The highest BCUT2D eigenvalue weighted by atomic mass is 16.5. The van der Waals surface area contributed by atoms with Crippen molar-refractivity contribution >= 4 is 5.82 Å². The van der Waals surface area contributed by atoms with Crippen molar-refractivity contribution in [3.63, 3.8) is 0 Å². The zero-order valence-corrected chi connectivity index (χ0v) is 11.4. The predicted molar refractivity (Wildman–Crippen MR) is 72.1 cm³/mol. The van der Waals surface area contributed by atoms with Crippen molar-refractivity contribution in [1.29, 1.82) is 0 Å². The van der Waals surface area contributed by atoms with Gasteiger partial charge in [0.1, 0.15) is 5.82 Å². The van der Waals surface area contributed by atoms with Gasteiger partial charge in [-0.1, -0.05) is 0 Å². The van der Waals surface area contributed by atoms with E-state index in [2.05, 4.69) is 14.9 Å². The first kappa shape index (κ1) is 12.8. The molecule has 3 heterocycles. The quantitative estimate of drug-likeness (QED) is 0.824. The molecule has 2 aliphatic rings. The number of nitrogens with zero attached hydrogens (tertiary/aromatic N) is 3. The minimum absolute atomic E-state index is 0.0376. The van der Waals surface area contributed by atoms with Crippen molar-refractivity contribution in [2.24, 2.45) is 5.92 Å². The molecule has 0 N–H and O–H groups in total. The molecule has 5 heteroatoms. The van der Waals surface area contributed by atoms with Gasteiger partial charge in [0.05, 0.1) is 18.4 Å². The Labute approximate surface area is 113 Å². The number of ether oxygens (including phenoxy) is 2. The van der Waals surface area contributed by atoms with Crippen molar-refractivity contribution in [2.75, 3.05) is 38.3 Å². The SMILES string of the molecule is COCC[C@H]1CO[C@]2(CCN(c3cnccn3)C2)C1. The van der Waals surface area contributed by atoms with Crippen LogP contribution in [0.4, 0.5) is 5.82 Å². The molecule has 0 saturated carbocycles. The number of anilines is 1. The fourth-order valence-electron chi connectivity index (χ4n) is 3.19. The Hall–Kier alpha value is -1.20. The van der Waals surface area contributed by atoms with Gasteiger partial charge in [-0.05, 0) is 25.2 Å². The van der Waals surface area contributed by atoms with E-state index in [-0.39, 0.29) is 5.60 Å². The van der Waals surface area contributed by atoms with Gasteiger partial charge < -0.3 is 14.4 Å². The van der Waals surface area contributed by atoms with E-state index in [1.54, 1.807) is 19.5 Å². The molecule has 3 rings (SSSR count). The molecule has 1 aromatic rings. The first-order valence-electron chi connectivity index (χ1n) is 6.95. The Morgan fingerprint density at radius 2 is 2.47 bits per heavy atom. The maximum Gasteiger partial charge on any atom is 0.147 e. The monoisotopic (exact) mass is 263 g/mol. The molecule has 1 aromatic heterocycles. The molecular formula is C14H21N3O2. The standard InChI is InChI=1S/C14H21N3O2/c1-18-7-2-12-8-14(19-10-12)3-6-17(11-14)13-9-15-4-5-16-13/h4-5,9,12H,2-3,6-8,10-11H2,1H3/t12-,14-/m1/s1. The zero-order chi connectivity index (χ0) is 13.1. The fourth-order valence-corrected chi connectivity index (χ4v) is 3.19. The molecular weight excluding hydrogens is 242 g/mol. The van der Waals surface area contributed by atoms with E-state index < -0.39 is 0 Å². The van der Waals surface area contributed by atoms with Crippen molar-refractivity contribution in [2.45, 2.75) is 24.9 Å². The van der Waals surface area contributed by atoms with Crippen molar-refractivity contribution in [1.82, 2.24) is 9.97 Å². The lowest BCUT2D eigenvalue weighted by Gasteiger charge is -2.23. The summed E-state index contributed by atoms with van der Waals surface area (Å²) in [7, 11) is 1.76. The van der Waals surface area contributed by atoms with Crippen molar-refractivity contribution in [3.05, 3.63) is 18.6 Å². The fraction of sp³-hybridized carbons (Fsp3) is 0.714. The van der Waals surface area contributed by atoms with E-state index in [1.165, 1.54) is 0 Å². The van der Waals surface area contributed by atoms with Gasteiger partial charge in [-0.2, -0.15) is 0 Å². The van der Waals surface area contributed by atoms with Crippen LogP contribution in [0.5, 0.6) is 0 Å². The molecule has 0 radical (unpaired) electrons. The van der Waals surface area contributed by atoms with Crippen LogP contribution in [-0.2, 0) is 9.47 Å². The average molecular weight is 263 g/mol. The van der Waals surface area contributed by atoms with E-state index in [4.69, 9.17) is 9.47 Å². The smallest absolute Gasteiger partial charge is 0.147 e. The van der Waals surface area contributed by atoms with Crippen LogP contribution in [0, 0.1) is 5.92 Å². The first-order valence-corrected chi connectivity index (χ1v) is 6.95. The van der Waals surface area contributed by atoms with Crippen LogP contribution in [0.25, 0.3) is 0 Å². The first-order chi connectivity index (χ1) is 9.31. The average Bonchev–Trinajstić information content (AvgIpc) is 3.05. The second kappa shape index (κ2) is 5.43. The number of methoxy groups -OCH3 is 1.